The van der Waals surface area contributed by atoms with Crippen LogP contribution in [0.4, 0.5) is 4.39 Å². The van der Waals surface area contributed by atoms with Crippen molar-refractivity contribution in [2.75, 3.05) is 5.75 Å². The monoisotopic (exact) mass is 195 g/mol. The average molecular weight is 195 g/mol. The summed E-state index contributed by atoms with van der Waals surface area (Å²) in [6, 6.07) is 6.25. The Balaban J connectivity index is 2.56. The molecule has 0 radical (unpaired) electrons. The molecule has 0 fully saturated rings. The fourth-order valence-electron chi connectivity index (χ4n) is 0.789. The molecule has 0 aliphatic carbocycles. The van der Waals surface area contributed by atoms with Gasteiger partial charge in [0.2, 0.25) is 0 Å². The van der Waals surface area contributed by atoms with Gasteiger partial charge in [0.15, 0.2) is 0 Å². The minimum absolute atomic E-state index is 0.225. The predicted octanol–water partition coefficient (Wildman–Crippen LogP) is 1.88. The normalized spacial score (nSPS) is 12.1. The first-order valence-corrected chi connectivity index (χ1v) is 4.81. The van der Waals surface area contributed by atoms with Crippen molar-refractivity contribution in [2.45, 2.75) is 10.9 Å². The molecule has 1 atom stereocenters. The van der Waals surface area contributed by atoms with Crippen LogP contribution >= 0.6 is 11.8 Å². The van der Waals surface area contributed by atoms with Gasteiger partial charge in [0, 0.05) is 10.6 Å². The van der Waals surface area contributed by atoms with Crippen LogP contribution in [-0.2, 0) is 0 Å². The van der Waals surface area contributed by atoms with Gasteiger partial charge in [0.05, 0.1) is 6.04 Å². The lowest BCUT2D eigenvalue weighted by Crippen LogP contribution is -2.19. The molecule has 0 saturated carbocycles. The Morgan fingerprint density at radius 1 is 1.54 bits per heavy atom. The van der Waals surface area contributed by atoms with E-state index in [-0.39, 0.29) is 11.9 Å². The van der Waals surface area contributed by atoms with Gasteiger partial charge in [-0.25, -0.2) is 4.39 Å². The number of hydrogen-bond donors (Lipinski definition) is 1. The summed E-state index contributed by atoms with van der Waals surface area (Å²) in [5.41, 5.74) is 5.49. The Bertz CT molecular complexity index is 319. The lowest BCUT2D eigenvalue weighted by atomic mass is 10.3. The van der Waals surface area contributed by atoms with E-state index in [2.05, 4.69) is 5.92 Å². The third-order valence-electron chi connectivity index (χ3n) is 1.47. The number of benzene rings is 1. The topological polar surface area (TPSA) is 26.0 Å². The van der Waals surface area contributed by atoms with Crippen molar-refractivity contribution in [3.8, 4) is 12.3 Å². The van der Waals surface area contributed by atoms with E-state index in [0.717, 1.165) is 0 Å². The summed E-state index contributed by atoms with van der Waals surface area (Å²) >= 11 is 1.34. The second-order valence-electron chi connectivity index (χ2n) is 2.51. The zero-order chi connectivity index (χ0) is 9.68. The molecule has 68 valence electrons. The Labute approximate surface area is 81.5 Å². The number of hydrogen-bond acceptors (Lipinski definition) is 2. The Kier molecular flexibility index (Phi) is 3.81. The molecule has 1 nitrogen and oxygen atoms in total. The predicted molar refractivity (Wildman–Crippen MR) is 53.9 cm³/mol. The molecule has 0 bridgehead atoms. The number of halogens is 1. The standard InChI is InChI=1S/C10H10FNS/c1-2-8(12)7-13-10-6-4-3-5-9(10)11/h1,3-6,8H,7,12H2. The summed E-state index contributed by atoms with van der Waals surface area (Å²) in [5.74, 6) is 2.70. The fourth-order valence-corrected chi connectivity index (χ4v) is 1.63. The summed E-state index contributed by atoms with van der Waals surface area (Å²) in [6.07, 6.45) is 5.09. The molecule has 3 heteroatoms. The Morgan fingerprint density at radius 3 is 2.85 bits per heavy atom. The number of rotatable bonds is 3. The van der Waals surface area contributed by atoms with Gasteiger partial charge in [0.25, 0.3) is 0 Å². The van der Waals surface area contributed by atoms with Gasteiger partial charge >= 0.3 is 0 Å². The first-order chi connectivity index (χ1) is 6.24. The molecular weight excluding hydrogens is 185 g/mol. The number of terminal acetylenes is 1. The Hall–Kier alpha value is -0.980. The minimum atomic E-state index is -0.315. The van der Waals surface area contributed by atoms with Crippen molar-refractivity contribution >= 4 is 11.8 Å². The van der Waals surface area contributed by atoms with E-state index in [4.69, 9.17) is 12.2 Å². The van der Waals surface area contributed by atoms with E-state index in [1.54, 1.807) is 18.2 Å². The van der Waals surface area contributed by atoms with Crippen LogP contribution in [0.15, 0.2) is 29.2 Å². The van der Waals surface area contributed by atoms with Crippen LogP contribution in [-0.4, -0.2) is 11.8 Å². The van der Waals surface area contributed by atoms with E-state index >= 15 is 0 Å². The molecule has 0 aliphatic rings. The van der Waals surface area contributed by atoms with Crippen molar-refractivity contribution in [1.29, 1.82) is 0 Å². The lowest BCUT2D eigenvalue weighted by Gasteiger charge is -2.04. The molecular formula is C10H10FNS. The smallest absolute Gasteiger partial charge is 0.136 e. The SMILES string of the molecule is C#CC(N)CSc1ccccc1F. The molecule has 1 aromatic carbocycles. The summed E-state index contributed by atoms with van der Waals surface area (Å²) in [4.78, 5) is 0.591. The van der Waals surface area contributed by atoms with E-state index in [1.807, 2.05) is 0 Å². The van der Waals surface area contributed by atoms with Crippen LogP contribution in [0.1, 0.15) is 0 Å². The summed E-state index contributed by atoms with van der Waals surface area (Å²) in [5, 5.41) is 0. The molecule has 1 unspecified atom stereocenters. The first kappa shape index (κ1) is 10.1. The lowest BCUT2D eigenvalue weighted by molar-refractivity contribution is 0.602. The third kappa shape index (κ3) is 3.10. The van der Waals surface area contributed by atoms with Crippen LogP contribution < -0.4 is 5.73 Å². The van der Waals surface area contributed by atoms with Crippen molar-refractivity contribution in [1.82, 2.24) is 0 Å². The van der Waals surface area contributed by atoms with Crippen molar-refractivity contribution in [3.63, 3.8) is 0 Å². The summed E-state index contributed by atoms with van der Waals surface area (Å²) in [6.45, 7) is 0. The molecule has 0 spiro atoms. The summed E-state index contributed by atoms with van der Waals surface area (Å²) in [7, 11) is 0. The molecule has 0 aromatic heterocycles. The number of nitrogens with two attached hydrogens (primary N) is 1. The van der Waals surface area contributed by atoms with E-state index in [9.17, 15) is 4.39 Å². The van der Waals surface area contributed by atoms with Gasteiger partial charge in [0.1, 0.15) is 5.82 Å². The maximum absolute atomic E-state index is 13.0. The maximum Gasteiger partial charge on any atom is 0.136 e. The highest BCUT2D eigenvalue weighted by atomic mass is 32.2. The number of thioether (sulfide) groups is 1. The van der Waals surface area contributed by atoms with Gasteiger partial charge in [-0.15, -0.1) is 18.2 Å². The highest BCUT2D eigenvalue weighted by Gasteiger charge is 2.03. The van der Waals surface area contributed by atoms with Crippen LogP contribution in [0.25, 0.3) is 0 Å². The fraction of sp³-hybridized carbons (Fsp3) is 0.200. The average Bonchev–Trinajstić information content (AvgIpc) is 2.16. The second kappa shape index (κ2) is 4.90. The molecule has 1 rings (SSSR count). The third-order valence-corrected chi connectivity index (χ3v) is 2.64. The quantitative estimate of drug-likeness (QED) is 0.588. The highest BCUT2D eigenvalue weighted by Crippen LogP contribution is 2.21. The van der Waals surface area contributed by atoms with Crippen LogP contribution in [0.2, 0.25) is 0 Å². The first-order valence-electron chi connectivity index (χ1n) is 3.83. The van der Waals surface area contributed by atoms with Crippen LogP contribution in [0, 0.1) is 18.2 Å². The maximum atomic E-state index is 13.0. The zero-order valence-corrected chi connectivity index (χ0v) is 7.85. The largest absolute Gasteiger partial charge is 0.317 e. The molecule has 13 heavy (non-hydrogen) atoms. The van der Waals surface area contributed by atoms with Crippen molar-refractivity contribution in [3.05, 3.63) is 30.1 Å². The van der Waals surface area contributed by atoms with Crippen LogP contribution in [0.3, 0.4) is 0 Å². The van der Waals surface area contributed by atoms with Crippen molar-refractivity contribution in [2.24, 2.45) is 5.73 Å². The van der Waals surface area contributed by atoms with Gasteiger partial charge < -0.3 is 5.73 Å². The van der Waals surface area contributed by atoms with E-state index in [0.29, 0.717) is 10.6 Å². The van der Waals surface area contributed by atoms with Crippen LogP contribution in [0.5, 0.6) is 0 Å². The van der Waals surface area contributed by atoms with Gasteiger partial charge in [-0.2, -0.15) is 0 Å². The van der Waals surface area contributed by atoms with Gasteiger partial charge in [-0.05, 0) is 12.1 Å². The molecule has 0 heterocycles. The molecule has 0 aliphatic heterocycles. The van der Waals surface area contributed by atoms with E-state index < -0.39 is 0 Å². The summed E-state index contributed by atoms with van der Waals surface area (Å²) < 4.78 is 13.0. The molecule has 2 N–H and O–H groups in total. The molecule has 1 aromatic rings. The van der Waals surface area contributed by atoms with Gasteiger partial charge in [-0.3, -0.25) is 0 Å². The second-order valence-corrected chi connectivity index (χ2v) is 3.58. The highest BCUT2D eigenvalue weighted by molar-refractivity contribution is 7.99. The van der Waals surface area contributed by atoms with E-state index in [1.165, 1.54) is 17.8 Å². The molecule has 0 saturated heterocycles. The van der Waals surface area contributed by atoms with Gasteiger partial charge in [-0.1, -0.05) is 18.1 Å². The zero-order valence-electron chi connectivity index (χ0n) is 7.03. The molecule has 0 amide bonds. The minimum Gasteiger partial charge on any atom is -0.317 e. The van der Waals surface area contributed by atoms with Crippen molar-refractivity contribution < 1.29 is 4.39 Å². The Morgan fingerprint density at radius 2 is 2.23 bits per heavy atom.